The van der Waals surface area contributed by atoms with Crippen LogP contribution in [0.2, 0.25) is 0 Å². The molecule has 0 heterocycles. The zero-order chi connectivity index (χ0) is 16.2. The summed E-state index contributed by atoms with van der Waals surface area (Å²) >= 11 is 7.12. The van der Waals surface area contributed by atoms with Crippen molar-refractivity contribution in [1.82, 2.24) is 0 Å². The lowest BCUT2D eigenvalue weighted by atomic mass is 10.0. The van der Waals surface area contributed by atoms with Crippen LogP contribution in [-0.4, -0.2) is 16.2 Å². The van der Waals surface area contributed by atoms with Gasteiger partial charge in [0.2, 0.25) is 0 Å². The summed E-state index contributed by atoms with van der Waals surface area (Å²) in [5.41, 5.74) is 0. The van der Waals surface area contributed by atoms with Gasteiger partial charge in [-0.3, -0.25) is 0 Å². The fraction of sp³-hybridized carbons (Fsp3) is 0.941. The Bertz CT molecular complexity index is 181. The zero-order valence-corrected chi connectivity index (χ0v) is 15.6. The summed E-state index contributed by atoms with van der Waals surface area (Å²) in [6, 6.07) is 0. The van der Waals surface area contributed by atoms with E-state index in [9.17, 15) is 0 Å². The fourth-order valence-corrected chi connectivity index (χ4v) is 2.53. The van der Waals surface area contributed by atoms with Gasteiger partial charge in [-0.05, 0) is 12.2 Å². The molecule has 0 aromatic rings. The van der Waals surface area contributed by atoms with Gasteiger partial charge in [0.1, 0.15) is 0 Å². The van der Waals surface area contributed by atoms with Crippen LogP contribution in [0.1, 0.15) is 96.8 Å². The van der Waals surface area contributed by atoms with E-state index in [0.717, 1.165) is 5.75 Å². The van der Waals surface area contributed by atoms with Crippen molar-refractivity contribution >= 4 is 30.6 Å². The average Bonchev–Trinajstić information content (AvgIpc) is 2.43. The maximum Gasteiger partial charge on any atom is 0.361 e. The van der Waals surface area contributed by atoms with Gasteiger partial charge in [0.15, 0.2) is 0 Å². The molecule has 0 rings (SSSR count). The van der Waals surface area contributed by atoms with E-state index in [1.807, 2.05) is 0 Å². The van der Waals surface area contributed by atoms with Crippen molar-refractivity contribution in [2.75, 3.05) is 5.75 Å². The molecule has 0 bridgehead atoms. The highest BCUT2D eigenvalue weighted by Crippen LogP contribution is 2.12. The standard InChI is InChI=1S/C16H34S.CH2O2S/c1-2-3-4-5-6-7-8-9-10-11-12-13-14-15-16-17;2-1(3)4/h17H,2-16H2,1H3;4H,(H,2,3). The van der Waals surface area contributed by atoms with Gasteiger partial charge in [-0.25, -0.2) is 4.79 Å². The second kappa shape index (κ2) is 22.5. The minimum Gasteiger partial charge on any atom is -0.473 e. The fourth-order valence-electron chi connectivity index (χ4n) is 2.31. The predicted octanol–water partition coefficient (Wildman–Crippen LogP) is 6.99. The molecule has 0 radical (unpaired) electrons. The van der Waals surface area contributed by atoms with Crippen LogP contribution in [0, 0.1) is 0 Å². The number of rotatable bonds is 14. The van der Waals surface area contributed by atoms with Gasteiger partial charge >= 0.3 is 5.30 Å². The van der Waals surface area contributed by atoms with E-state index in [1.165, 1.54) is 89.9 Å². The number of unbranched alkanes of at least 4 members (excludes halogenated alkanes) is 13. The normalized spacial score (nSPS) is 10.0. The molecule has 4 heteroatoms. The Hall–Kier alpha value is 0.170. The van der Waals surface area contributed by atoms with Crippen LogP contribution < -0.4 is 0 Å². The number of carboxylic acid groups (broad SMARTS) is 1. The van der Waals surface area contributed by atoms with Crippen LogP contribution in [-0.2, 0) is 0 Å². The SMILES string of the molecule is CCCCCCCCCCCCCCCCS.O=C(O)S. The molecule has 1 N–H and O–H groups in total. The van der Waals surface area contributed by atoms with Gasteiger partial charge in [-0.1, -0.05) is 103 Å². The van der Waals surface area contributed by atoms with E-state index in [4.69, 9.17) is 9.90 Å². The lowest BCUT2D eigenvalue weighted by Crippen LogP contribution is -1.83. The van der Waals surface area contributed by atoms with E-state index in [-0.39, 0.29) is 0 Å². The van der Waals surface area contributed by atoms with Crippen molar-refractivity contribution in [2.45, 2.75) is 96.8 Å². The van der Waals surface area contributed by atoms with Crippen LogP contribution in [0.4, 0.5) is 4.79 Å². The lowest BCUT2D eigenvalue weighted by Gasteiger charge is -2.02. The van der Waals surface area contributed by atoms with Crippen molar-refractivity contribution in [2.24, 2.45) is 0 Å². The van der Waals surface area contributed by atoms with E-state index >= 15 is 0 Å². The molecule has 0 aliphatic rings. The summed E-state index contributed by atoms with van der Waals surface area (Å²) < 4.78 is 0. The van der Waals surface area contributed by atoms with E-state index in [1.54, 1.807) is 0 Å². The van der Waals surface area contributed by atoms with Crippen molar-refractivity contribution in [3.05, 3.63) is 0 Å². The molecular formula is C17H36O2S2. The molecule has 21 heavy (non-hydrogen) atoms. The van der Waals surface area contributed by atoms with Gasteiger partial charge in [-0.15, -0.1) is 0 Å². The zero-order valence-electron chi connectivity index (χ0n) is 13.9. The maximum atomic E-state index is 8.86. The van der Waals surface area contributed by atoms with Crippen LogP contribution in [0.25, 0.3) is 0 Å². The quantitative estimate of drug-likeness (QED) is 0.236. The van der Waals surface area contributed by atoms with Crippen molar-refractivity contribution in [3.63, 3.8) is 0 Å². The second-order valence-corrected chi connectivity index (χ2v) is 6.43. The first-order valence-corrected chi connectivity index (χ1v) is 9.75. The largest absolute Gasteiger partial charge is 0.473 e. The van der Waals surface area contributed by atoms with Gasteiger partial charge in [-0.2, -0.15) is 12.6 Å². The molecule has 2 nitrogen and oxygen atoms in total. The summed E-state index contributed by atoms with van der Waals surface area (Å²) in [5.74, 6) is 1.07. The third-order valence-corrected chi connectivity index (χ3v) is 3.83. The molecule has 0 unspecified atom stereocenters. The molecule has 0 atom stereocenters. The molecule has 0 amide bonds. The van der Waals surface area contributed by atoms with Gasteiger partial charge < -0.3 is 5.11 Å². The van der Waals surface area contributed by atoms with Gasteiger partial charge in [0, 0.05) is 0 Å². The highest BCUT2D eigenvalue weighted by molar-refractivity contribution is 7.96. The Morgan fingerprint density at radius 2 is 0.952 bits per heavy atom. The minimum atomic E-state index is -1.14. The molecule has 0 aliphatic heterocycles. The van der Waals surface area contributed by atoms with Crippen molar-refractivity contribution < 1.29 is 9.90 Å². The van der Waals surface area contributed by atoms with Crippen LogP contribution in [0.15, 0.2) is 0 Å². The van der Waals surface area contributed by atoms with Crippen LogP contribution in [0.3, 0.4) is 0 Å². The van der Waals surface area contributed by atoms with Crippen LogP contribution in [0.5, 0.6) is 0 Å². The second-order valence-electron chi connectivity index (χ2n) is 5.60. The average molecular weight is 337 g/mol. The molecule has 0 saturated heterocycles. The van der Waals surface area contributed by atoms with Crippen LogP contribution >= 0.6 is 25.3 Å². The Kier molecular flexibility index (Phi) is 25.1. The summed E-state index contributed by atoms with van der Waals surface area (Å²) in [4.78, 5) is 8.86. The molecule has 0 spiro atoms. The minimum absolute atomic E-state index is 1.07. The first-order chi connectivity index (χ1) is 10.1. The lowest BCUT2D eigenvalue weighted by molar-refractivity contribution is 0.222. The summed E-state index contributed by atoms with van der Waals surface area (Å²) in [6.07, 6.45) is 20.1. The van der Waals surface area contributed by atoms with Crippen molar-refractivity contribution in [1.29, 1.82) is 0 Å². The predicted molar refractivity (Wildman–Crippen MR) is 101 cm³/mol. The monoisotopic (exact) mass is 336 g/mol. The molecule has 0 aromatic heterocycles. The molecule has 0 aromatic carbocycles. The molecule has 0 aliphatic carbocycles. The summed E-state index contributed by atoms with van der Waals surface area (Å²) in [5, 5.41) is 6.14. The maximum absolute atomic E-state index is 8.86. The topological polar surface area (TPSA) is 37.3 Å². The molecular weight excluding hydrogens is 300 g/mol. The molecule has 128 valence electrons. The number of thiol groups is 2. The van der Waals surface area contributed by atoms with Gasteiger partial charge in [0.05, 0.1) is 0 Å². The molecule has 0 saturated carbocycles. The first kappa shape index (κ1) is 23.4. The first-order valence-electron chi connectivity index (χ1n) is 8.67. The third kappa shape index (κ3) is 33.2. The number of hydrogen-bond donors (Lipinski definition) is 3. The van der Waals surface area contributed by atoms with E-state index < -0.39 is 5.30 Å². The number of hydrogen-bond acceptors (Lipinski definition) is 2. The Balaban J connectivity index is 0. The Morgan fingerprint density at radius 1 is 0.714 bits per heavy atom. The Morgan fingerprint density at radius 3 is 1.19 bits per heavy atom. The Labute approximate surface area is 143 Å². The van der Waals surface area contributed by atoms with Gasteiger partial charge in [0.25, 0.3) is 0 Å². The smallest absolute Gasteiger partial charge is 0.361 e. The number of carbonyl (C=O) groups is 1. The third-order valence-electron chi connectivity index (χ3n) is 3.51. The van der Waals surface area contributed by atoms with E-state index in [2.05, 4.69) is 32.2 Å². The summed E-state index contributed by atoms with van der Waals surface area (Å²) in [7, 11) is 0. The van der Waals surface area contributed by atoms with Crippen molar-refractivity contribution in [3.8, 4) is 0 Å². The highest BCUT2D eigenvalue weighted by atomic mass is 32.1. The molecule has 0 fully saturated rings. The summed E-state index contributed by atoms with van der Waals surface area (Å²) in [6.45, 7) is 2.29. The highest BCUT2D eigenvalue weighted by Gasteiger charge is 1.93. The van der Waals surface area contributed by atoms with E-state index in [0.29, 0.717) is 0 Å².